The number of carbonyl (C=O) groups is 2. The Hall–Kier alpha value is -2.50. The Kier molecular flexibility index (Phi) is 16.4. The Labute approximate surface area is 266 Å². The largest absolute Gasteiger partial charge is 0.509 e. The van der Waals surface area contributed by atoms with E-state index in [1.807, 2.05) is 30.3 Å². The minimum atomic E-state index is -1.06. The molecule has 0 aromatic heterocycles. The second kappa shape index (κ2) is 19.1. The van der Waals surface area contributed by atoms with Gasteiger partial charge in [0, 0.05) is 4.91 Å². The van der Waals surface area contributed by atoms with Gasteiger partial charge in [-0.2, -0.15) is 0 Å². The SMILES string of the molecule is CCCCCCCCS[C@@H]1O[C@H](CN=[N+]=[N-])[C@@H](OC(=O)C(C)(C)C)[C@H](OCOCc2ccccc2)[C@H]1OC(=O)OC(C)(C)C. The molecule has 248 valence electrons. The lowest BCUT2D eigenvalue weighted by atomic mass is 9.95. The first-order chi connectivity index (χ1) is 20.9. The molecule has 1 saturated heterocycles. The number of azide groups is 1. The monoisotopic (exact) mass is 637 g/mol. The number of esters is 1. The van der Waals surface area contributed by atoms with Crippen molar-refractivity contribution in [3.8, 4) is 0 Å². The average Bonchev–Trinajstić information content (AvgIpc) is 2.95. The van der Waals surface area contributed by atoms with Crippen molar-refractivity contribution in [3.05, 3.63) is 46.3 Å². The van der Waals surface area contributed by atoms with Crippen LogP contribution in [-0.2, 0) is 39.8 Å². The van der Waals surface area contributed by atoms with Crippen LogP contribution in [0.3, 0.4) is 0 Å². The summed E-state index contributed by atoms with van der Waals surface area (Å²) in [6, 6.07) is 9.61. The molecule has 1 heterocycles. The van der Waals surface area contributed by atoms with Gasteiger partial charge in [0.25, 0.3) is 0 Å². The Morgan fingerprint density at radius 2 is 1.64 bits per heavy atom. The summed E-state index contributed by atoms with van der Waals surface area (Å²) in [6.45, 7) is 12.6. The molecule has 0 amide bonds. The number of ether oxygens (including phenoxy) is 6. The highest BCUT2D eigenvalue weighted by Crippen LogP contribution is 2.36. The van der Waals surface area contributed by atoms with Gasteiger partial charge in [-0.05, 0) is 64.8 Å². The van der Waals surface area contributed by atoms with Crippen LogP contribution < -0.4 is 0 Å². The quantitative estimate of drug-likeness (QED) is 0.0416. The molecule has 12 heteroatoms. The Morgan fingerprint density at radius 3 is 2.27 bits per heavy atom. The molecular weight excluding hydrogens is 586 g/mol. The molecule has 1 aromatic rings. The number of benzene rings is 1. The van der Waals surface area contributed by atoms with Gasteiger partial charge in [-0.25, -0.2) is 4.79 Å². The van der Waals surface area contributed by atoms with E-state index in [2.05, 4.69) is 16.9 Å². The second-order valence-electron chi connectivity index (χ2n) is 12.8. The van der Waals surface area contributed by atoms with E-state index in [0.717, 1.165) is 30.6 Å². The number of thioether (sulfide) groups is 1. The summed E-state index contributed by atoms with van der Waals surface area (Å²) in [5.41, 5.74) is 7.70. The number of unbranched alkanes of at least 4 members (excludes halogenated alkanes) is 5. The number of carbonyl (C=O) groups excluding carboxylic acids is 2. The molecule has 0 spiro atoms. The van der Waals surface area contributed by atoms with Crippen molar-refractivity contribution < 1.29 is 38.0 Å². The lowest BCUT2D eigenvalue weighted by Gasteiger charge is -2.45. The summed E-state index contributed by atoms with van der Waals surface area (Å²) in [5.74, 6) is 0.230. The first kappa shape index (κ1) is 37.7. The molecule has 11 nitrogen and oxygen atoms in total. The fourth-order valence-electron chi connectivity index (χ4n) is 4.36. The number of nitrogens with zero attached hydrogens (tertiary/aromatic N) is 3. The van der Waals surface area contributed by atoms with E-state index >= 15 is 0 Å². The van der Waals surface area contributed by atoms with Gasteiger partial charge in [0.1, 0.15) is 30.0 Å². The molecular formula is C32H51N3O8S. The van der Waals surface area contributed by atoms with E-state index in [0.29, 0.717) is 0 Å². The van der Waals surface area contributed by atoms with E-state index in [1.165, 1.54) is 31.0 Å². The van der Waals surface area contributed by atoms with Crippen molar-refractivity contribution in [3.63, 3.8) is 0 Å². The summed E-state index contributed by atoms with van der Waals surface area (Å²) < 4.78 is 35.7. The van der Waals surface area contributed by atoms with E-state index in [9.17, 15) is 9.59 Å². The fourth-order valence-corrected chi connectivity index (χ4v) is 5.59. The van der Waals surface area contributed by atoms with E-state index in [4.69, 9.17) is 34.0 Å². The van der Waals surface area contributed by atoms with Gasteiger partial charge < -0.3 is 28.4 Å². The summed E-state index contributed by atoms with van der Waals surface area (Å²) in [4.78, 5) is 29.0. The standard InChI is InChI=1S/C32H51N3O8S/c1-8-9-10-11-12-16-19-44-28-27(42-30(37)43-32(5,6)7)26(39-22-38-21-23-17-14-13-15-18-23)25(24(40-28)20-34-35-33)41-29(36)31(2,3)4/h13-15,17-18,24-28H,8-12,16,19-22H2,1-7H3/t24-,25-,26+,27-,28+/m1/s1. The number of rotatable bonds is 17. The van der Waals surface area contributed by atoms with Gasteiger partial charge >= 0.3 is 12.1 Å². The van der Waals surface area contributed by atoms with Crippen LogP contribution in [0, 0.1) is 5.41 Å². The Morgan fingerprint density at radius 1 is 0.955 bits per heavy atom. The number of hydrogen-bond acceptors (Lipinski definition) is 10. The van der Waals surface area contributed by atoms with Crippen molar-refractivity contribution in [1.82, 2.24) is 0 Å². The van der Waals surface area contributed by atoms with Gasteiger partial charge in [0.05, 0.1) is 18.6 Å². The molecule has 0 radical (unpaired) electrons. The predicted molar refractivity (Wildman–Crippen MR) is 170 cm³/mol. The molecule has 0 N–H and O–H groups in total. The van der Waals surface area contributed by atoms with Crippen LogP contribution in [0.25, 0.3) is 10.4 Å². The normalized spacial score (nSPS) is 22.1. The van der Waals surface area contributed by atoms with Crippen LogP contribution in [0.5, 0.6) is 0 Å². The van der Waals surface area contributed by atoms with Gasteiger partial charge in [0.15, 0.2) is 12.2 Å². The Bertz CT molecular complexity index is 1040. The van der Waals surface area contributed by atoms with Crippen LogP contribution >= 0.6 is 11.8 Å². The molecule has 44 heavy (non-hydrogen) atoms. The maximum Gasteiger partial charge on any atom is 0.509 e. The lowest BCUT2D eigenvalue weighted by molar-refractivity contribution is -0.248. The smallest absolute Gasteiger partial charge is 0.456 e. The van der Waals surface area contributed by atoms with E-state index < -0.39 is 53.0 Å². The van der Waals surface area contributed by atoms with E-state index in [1.54, 1.807) is 41.5 Å². The minimum absolute atomic E-state index is 0.115. The third kappa shape index (κ3) is 14.1. The Balaban J connectivity index is 2.35. The van der Waals surface area contributed by atoms with Gasteiger partial charge in [-0.1, -0.05) is 74.5 Å². The molecule has 5 atom stereocenters. The van der Waals surface area contributed by atoms with Crippen molar-refractivity contribution in [2.45, 2.75) is 129 Å². The molecule has 1 aliphatic heterocycles. The van der Waals surface area contributed by atoms with Gasteiger partial charge in [-0.3, -0.25) is 4.79 Å². The molecule has 0 bridgehead atoms. The molecule has 1 fully saturated rings. The average molecular weight is 638 g/mol. The minimum Gasteiger partial charge on any atom is -0.456 e. The van der Waals surface area contributed by atoms with Crippen LogP contribution in [0.2, 0.25) is 0 Å². The highest BCUT2D eigenvalue weighted by molar-refractivity contribution is 7.99. The zero-order valence-corrected chi connectivity index (χ0v) is 28.2. The summed E-state index contributed by atoms with van der Waals surface area (Å²) in [7, 11) is 0. The van der Waals surface area contributed by atoms with Crippen molar-refractivity contribution in [1.29, 1.82) is 0 Å². The summed E-state index contributed by atoms with van der Waals surface area (Å²) in [6.07, 6.45) is 1.92. The molecule has 0 unspecified atom stereocenters. The van der Waals surface area contributed by atoms with Crippen molar-refractivity contribution in [2.75, 3.05) is 19.1 Å². The first-order valence-electron chi connectivity index (χ1n) is 15.5. The van der Waals surface area contributed by atoms with Gasteiger partial charge in [-0.15, -0.1) is 11.8 Å². The molecule has 1 aliphatic rings. The zero-order valence-electron chi connectivity index (χ0n) is 27.4. The van der Waals surface area contributed by atoms with Crippen molar-refractivity contribution in [2.24, 2.45) is 10.5 Å². The third-order valence-electron chi connectivity index (χ3n) is 6.63. The number of hydrogen-bond donors (Lipinski definition) is 0. The van der Waals surface area contributed by atoms with E-state index in [-0.39, 0.29) is 19.9 Å². The topological polar surface area (TPSA) is 138 Å². The maximum absolute atomic E-state index is 13.1. The molecule has 0 aliphatic carbocycles. The van der Waals surface area contributed by atoms with Crippen molar-refractivity contribution >= 4 is 23.9 Å². The summed E-state index contributed by atoms with van der Waals surface area (Å²) in [5, 5.41) is 3.73. The molecule has 0 saturated carbocycles. The highest BCUT2D eigenvalue weighted by atomic mass is 32.2. The lowest BCUT2D eigenvalue weighted by Crippen LogP contribution is -2.61. The van der Waals surface area contributed by atoms with Crippen LogP contribution in [-0.4, -0.2) is 66.7 Å². The molecule has 2 rings (SSSR count). The zero-order chi connectivity index (χ0) is 32.6. The maximum atomic E-state index is 13.1. The summed E-state index contributed by atoms with van der Waals surface area (Å²) >= 11 is 1.48. The fraction of sp³-hybridized carbons (Fsp3) is 0.750. The third-order valence-corrected chi connectivity index (χ3v) is 7.86. The van der Waals surface area contributed by atoms with Crippen LogP contribution in [0.4, 0.5) is 4.79 Å². The first-order valence-corrected chi connectivity index (χ1v) is 16.5. The van der Waals surface area contributed by atoms with Crippen LogP contribution in [0.1, 0.15) is 92.6 Å². The second-order valence-corrected chi connectivity index (χ2v) is 14.1. The van der Waals surface area contributed by atoms with Gasteiger partial charge in [0.2, 0.25) is 0 Å². The predicted octanol–water partition coefficient (Wildman–Crippen LogP) is 7.95. The molecule has 1 aromatic carbocycles. The van der Waals surface area contributed by atoms with Crippen LogP contribution in [0.15, 0.2) is 35.4 Å². The highest BCUT2D eigenvalue weighted by Gasteiger charge is 2.52.